The Morgan fingerprint density at radius 2 is 1.90 bits per heavy atom. The van der Waals surface area contributed by atoms with Crippen LogP contribution in [0, 0.1) is 5.92 Å². The van der Waals surface area contributed by atoms with Crippen LogP contribution in [-0.4, -0.2) is 18.2 Å². The summed E-state index contributed by atoms with van der Waals surface area (Å²) in [5.74, 6) is 0.447. The first-order valence-corrected chi connectivity index (χ1v) is 8.52. The van der Waals surface area contributed by atoms with E-state index < -0.39 is 0 Å². The van der Waals surface area contributed by atoms with Crippen molar-refractivity contribution in [2.45, 2.75) is 45.4 Å². The SMILES string of the molecule is CC(=O)N1CCCc2cc(Br)c(C(=O)C3CCCC3)cc21. The number of aryl methyl sites for hydroxylation is 1. The maximum absolute atomic E-state index is 12.7. The second kappa shape index (κ2) is 5.91. The number of benzene rings is 1. The van der Waals surface area contributed by atoms with Gasteiger partial charge in [-0.1, -0.05) is 28.8 Å². The monoisotopic (exact) mass is 349 g/mol. The van der Waals surface area contributed by atoms with E-state index in [-0.39, 0.29) is 17.6 Å². The largest absolute Gasteiger partial charge is 0.312 e. The normalized spacial score (nSPS) is 18.7. The molecule has 4 heteroatoms. The lowest BCUT2D eigenvalue weighted by Gasteiger charge is -2.29. The van der Waals surface area contributed by atoms with Gasteiger partial charge in [-0.15, -0.1) is 0 Å². The fraction of sp³-hybridized carbons (Fsp3) is 0.529. The van der Waals surface area contributed by atoms with Crippen LogP contribution < -0.4 is 4.90 Å². The van der Waals surface area contributed by atoms with Gasteiger partial charge in [0.25, 0.3) is 0 Å². The van der Waals surface area contributed by atoms with Gasteiger partial charge in [-0.3, -0.25) is 9.59 Å². The van der Waals surface area contributed by atoms with Gasteiger partial charge in [-0.05, 0) is 43.4 Å². The zero-order valence-electron chi connectivity index (χ0n) is 12.3. The number of carbonyl (C=O) groups is 2. The Kier molecular flexibility index (Phi) is 4.16. The number of carbonyl (C=O) groups excluding carboxylic acids is 2. The first-order chi connectivity index (χ1) is 10.1. The lowest BCUT2D eigenvalue weighted by Crippen LogP contribution is -2.33. The van der Waals surface area contributed by atoms with Crippen molar-refractivity contribution in [2.24, 2.45) is 5.92 Å². The summed E-state index contributed by atoms with van der Waals surface area (Å²) in [7, 11) is 0. The molecule has 1 aliphatic carbocycles. The predicted octanol–water partition coefficient (Wildman–Crippen LogP) is 4.12. The zero-order chi connectivity index (χ0) is 15.0. The molecule has 0 saturated heterocycles. The van der Waals surface area contributed by atoms with Crippen LogP contribution in [-0.2, 0) is 11.2 Å². The summed E-state index contributed by atoms with van der Waals surface area (Å²) in [5.41, 5.74) is 2.83. The van der Waals surface area contributed by atoms with Crippen molar-refractivity contribution in [3.63, 3.8) is 0 Å². The van der Waals surface area contributed by atoms with E-state index in [1.807, 2.05) is 12.1 Å². The molecule has 3 nitrogen and oxygen atoms in total. The van der Waals surface area contributed by atoms with E-state index in [9.17, 15) is 9.59 Å². The maximum Gasteiger partial charge on any atom is 0.223 e. The molecule has 0 bridgehead atoms. The van der Waals surface area contributed by atoms with Gasteiger partial charge in [0.2, 0.25) is 5.91 Å². The number of hydrogen-bond acceptors (Lipinski definition) is 2. The van der Waals surface area contributed by atoms with Crippen LogP contribution in [0.2, 0.25) is 0 Å². The molecular weight excluding hydrogens is 330 g/mol. The van der Waals surface area contributed by atoms with E-state index in [0.717, 1.165) is 66.4 Å². The summed E-state index contributed by atoms with van der Waals surface area (Å²) in [5, 5.41) is 0. The molecule has 1 fully saturated rings. The van der Waals surface area contributed by atoms with Gasteiger partial charge >= 0.3 is 0 Å². The van der Waals surface area contributed by atoms with Gasteiger partial charge in [0, 0.05) is 35.1 Å². The van der Waals surface area contributed by atoms with Gasteiger partial charge in [-0.2, -0.15) is 0 Å². The molecule has 112 valence electrons. The molecule has 1 heterocycles. The van der Waals surface area contributed by atoms with E-state index in [0.29, 0.717) is 0 Å². The Morgan fingerprint density at radius 3 is 2.57 bits per heavy atom. The number of hydrogen-bond donors (Lipinski definition) is 0. The minimum atomic E-state index is 0.0533. The number of halogens is 1. The van der Waals surface area contributed by atoms with Crippen LogP contribution in [0.1, 0.15) is 54.9 Å². The number of fused-ring (bicyclic) bond motifs is 1. The Labute approximate surface area is 133 Å². The van der Waals surface area contributed by atoms with Crippen LogP contribution in [0.3, 0.4) is 0 Å². The van der Waals surface area contributed by atoms with E-state index in [4.69, 9.17) is 0 Å². The standard InChI is InChI=1S/C17H20BrNO2/c1-11(20)19-8-4-7-13-9-15(18)14(10-16(13)19)17(21)12-5-2-3-6-12/h9-10,12H,2-8H2,1H3. The molecule has 1 amide bonds. The molecular formula is C17H20BrNO2. The fourth-order valence-electron chi connectivity index (χ4n) is 3.53. The Hall–Kier alpha value is -1.16. The molecule has 1 aromatic carbocycles. The lowest BCUT2D eigenvalue weighted by molar-refractivity contribution is -0.116. The Morgan fingerprint density at radius 1 is 1.19 bits per heavy atom. The molecule has 2 aliphatic rings. The Bertz CT molecular complexity index is 591. The highest BCUT2D eigenvalue weighted by Gasteiger charge is 2.28. The number of nitrogens with zero attached hydrogens (tertiary/aromatic N) is 1. The van der Waals surface area contributed by atoms with Crippen LogP contribution in [0.15, 0.2) is 16.6 Å². The van der Waals surface area contributed by atoms with E-state index in [2.05, 4.69) is 15.9 Å². The quantitative estimate of drug-likeness (QED) is 0.753. The molecule has 0 N–H and O–H groups in total. The first-order valence-electron chi connectivity index (χ1n) is 7.72. The van der Waals surface area contributed by atoms with Crippen LogP contribution in [0.25, 0.3) is 0 Å². The average Bonchev–Trinajstić information content (AvgIpc) is 2.99. The van der Waals surface area contributed by atoms with E-state index in [1.165, 1.54) is 0 Å². The minimum Gasteiger partial charge on any atom is -0.312 e. The second-order valence-electron chi connectivity index (χ2n) is 6.08. The zero-order valence-corrected chi connectivity index (χ0v) is 13.9. The van der Waals surface area contributed by atoms with Gasteiger partial charge in [-0.25, -0.2) is 0 Å². The summed E-state index contributed by atoms with van der Waals surface area (Å²) in [6, 6.07) is 3.97. The van der Waals surface area contributed by atoms with E-state index >= 15 is 0 Å². The number of ketones is 1. The predicted molar refractivity (Wildman–Crippen MR) is 86.8 cm³/mol. The number of rotatable bonds is 2. The van der Waals surface area contributed by atoms with Crippen LogP contribution in [0.4, 0.5) is 5.69 Å². The molecule has 0 spiro atoms. The van der Waals surface area contributed by atoms with Crippen molar-refractivity contribution in [1.29, 1.82) is 0 Å². The smallest absolute Gasteiger partial charge is 0.223 e. The van der Waals surface area contributed by atoms with E-state index in [1.54, 1.807) is 11.8 Å². The third-order valence-corrected chi connectivity index (χ3v) is 5.31. The first kappa shape index (κ1) is 14.8. The molecule has 0 aromatic heterocycles. The minimum absolute atomic E-state index is 0.0533. The van der Waals surface area contributed by atoms with Crippen molar-refractivity contribution in [3.8, 4) is 0 Å². The molecule has 0 atom stereocenters. The van der Waals surface area contributed by atoms with Crippen LogP contribution >= 0.6 is 15.9 Å². The highest BCUT2D eigenvalue weighted by molar-refractivity contribution is 9.10. The van der Waals surface area contributed by atoms with Gasteiger partial charge < -0.3 is 4.90 Å². The number of amides is 1. The topological polar surface area (TPSA) is 37.4 Å². The summed E-state index contributed by atoms with van der Waals surface area (Å²) in [6.45, 7) is 2.34. The van der Waals surface area contributed by atoms with Crippen molar-refractivity contribution < 1.29 is 9.59 Å². The third-order valence-electron chi connectivity index (χ3n) is 4.66. The van der Waals surface area contributed by atoms with Crippen molar-refractivity contribution in [1.82, 2.24) is 0 Å². The summed E-state index contributed by atoms with van der Waals surface area (Å²) >= 11 is 3.56. The highest BCUT2D eigenvalue weighted by atomic mass is 79.9. The molecule has 0 radical (unpaired) electrons. The maximum atomic E-state index is 12.7. The van der Waals surface area contributed by atoms with Crippen molar-refractivity contribution in [3.05, 3.63) is 27.7 Å². The summed E-state index contributed by atoms with van der Waals surface area (Å²) in [4.78, 5) is 26.3. The molecule has 0 unspecified atom stereocenters. The van der Waals surface area contributed by atoms with Gasteiger partial charge in [0.05, 0.1) is 0 Å². The van der Waals surface area contributed by atoms with Crippen LogP contribution in [0.5, 0.6) is 0 Å². The molecule has 21 heavy (non-hydrogen) atoms. The number of Topliss-reactive ketones (excluding diaryl/α,β-unsaturated/α-hetero) is 1. The average molecular weight is 350 g/mol. The third kappa shape index (κ3) is 2.78. The lowest BCUT2D eigenvalue weighted by atomic mass is 9.92. The second-order valence-corrected chi connectivity index (χ2v) is 6.93. The molecule has 1 saturated carbocycles. The highest BCUT2D eigenvalue weighted by Crippen LogP contribution is 2.36. The summed E-state index contributed by atoms with van der Waals surface area (Å²) in [6.07, 6.45) is 6.25. The molecule has 1 aliphatic heterocycles. The summed E-state index contributed by atoms with van der Waals surface area (Å²) < 4.78 is 0.878. The van der Waals surface area contributed by atoms with Crippen molar-refractivity contribution >= 4 is 33.3 Å². The fourth-order valence-corrected chi connectivity index (χ4v) is 4.11. The van der Waals surface area contributed by atoms with Crippen molar-refractivity contribution in [2.75, 3.05) is 11.4 Å². The molecule has 3 rings (SSSR count). The van der Waals surface area contributed by atoms with Gasteiger partial charge in [0.15, 0.2) is 5.78 Å². The Balaban J connectivity index is 2.00. The molecule has 1 aromatic rings. The van der Waals surface area contributed by atoms with Gasteiger partial charge in [0.1, 0.15) is 0 Å². The number of anilines is 1.